The average Bonchev–Trinajstić information content (AvgIpc) is 3.41. The second kappa shape index (κ2) is 8.20. The number of rotatable bonds is 6. The van der Waals surface area contributed by atoms with E-state index >= 15 is 0 Å². The summed E-state index contributed by atoms with van der Waals surface area (Å²) < 4.78 is 21.5. The number of hydrogen-bond acceptors (Lipinski definition) is 8. The van der Waals surface area contributed by atoms with Crippen LogP contribution in [-0.4, -0.2) is 29.9 Å². The number of carbonyl (C=O) groups excluding carboxylic acids is 1. The van der Waals surface area contributed by atoms with Crippen LogP contribution in [0.1, 0.15) is 16.7 Å². The lowest BCUT2D eigenvalue weighted by molar-refractivity contribution is -0.384. The molecule has 1 N–H and O–H groups in total. The van der Waals surface area contributed by atoms with Crippen LogP contribution in [0, 0.1) is 10.1 Å². The molecule has 2 aliphatic heterocycles. The van der Waals surface area contributed by atoms with Crippen LogP contribution in [0.3, 0.4) is 0 Å². The van der Waals surface area contributed by atoms with E-state index in [9.17, 15) is 20.0 Å². The Labute approximate surface area is 193 Å². The molecule has 0 saturated carbocycles. The molecule has 2 heterocycles. The lowest BCUT2D eigenvalue weighted by Gasteiger charge is -2.26. The number of cyclic esters (lactones) is 1. The molecule has 3 aromatic rings. The Balaban J connectivity index is 1.67. The van der Waals surface area contributed by atoms with Crippen LogP contribution in [0.2, 0.25) is 0 Å². The maximum absolute atomic E-state index is 13.1. The summed E-state index contributed by atoms with van der Waals surface area (Å²) in [6, 6.07) is 17.5. The maximum atomic E-state index is 13.1. The van der Waals surface area contributed by atoms with Gasteiger partial charge in [0.2, 0.25) is 6.79 Å². The zero-order valence-corrected chi connectivity index (χ0v) is 18.0. The molecule has 0 amide bonds. The predicted octanol–water partition coefficient (Wildman–Crippen LogP) is 3.73. The number of aliphatic hydroxyl groups is 1. The molecule has 0 aliphatic carbocycles. The van der Waals surface area contributed by atoms with Crippen molar-refractivity contribution >= 4 is 17.2 Å². The van der Waals surface area contributed by atoms with Gasteiger partial charge >= 0.3 is 5.97 Å². The van der Waals surface area contributed by atoms with Gasteiger partial charge in [-0.25, -0.2) is 4.79 Å². The summed E-state index contributed by atoms with van der Waals surface area (Å²) in [6.45, 7) is 0.0681. The number of esters is 1. The van der Waals surface area contributed by atoms with E-state index in [-0.39, 0.29) is 30.0 Å². The standard InChI is InChI=1S/C25H19NO8/c1-31-19-8-6-17(7-9-19)25(28)20(12-15-3-2-4-18(11-15)26(29)30)23(24(27)34-25)16-5-10-21-22(13-16)33-14-32-21/h2-11,13,28H,12,14H2,1H3/t25-/m0/s1. The van der Waals surface area contributed by atoms with E-state index in [0.29, 0.717) is 33.9 Å². The summed E-state index contributed by atoms with van der Waals surface area (Å²) in [5, 5.41) is 23.0. The molecule has 3 aromatic carbocycles. The number of carbonyl (C=O) groups is 1. The number of fused-ring (bicyclic) bond motifs is 1. The van der Waals surface area contributed by atoms with Gasteiger partial charge in [0, 0.05) is 29.7 Å². The molecule has 34 heavy (non-hydrogen) atoms. The maximum Gasteiger partial charge on any atom is 0.342 e. The quantitative estimate of drug-likeness (QED) is 0.335. The molecule has 0 bridgehead atoms. The van der Waals surface area contributed by atoms with Crippen molar-refractivity contribution in [3.8, 4) is 17.2 Å². The van der Waals surface area contributed by atoms with E-state index in [1.165, 1.54) is 19.2 Å². The number of non-ortho nitro benzene ring substituents is 1. The van der Waals surface area contributed by atoms with Gasteiger partial charge in [0.15, 0.2) is 11.5 Å². The largest absolute Gasteiger partial charge is 0.497 e. The third-order valence-corrected chi connectivity index (χ3v) is 5.80. The van der Waals surface area contributed by atoms with Crippen molar-refractivity contribution in [2.75, 3.05) is 13.9 Å². The number of nitrogens with zero attached hydrogens (tertiary/aromatic N) is 1. The van der Waals surface area contributed by atoms with Gasteiger partial charge in [0.05, 0.1) is 17.6 Å². The second-order valence-corrected chi connectivity index (χ2v) is 7.79. The molecule has 0 fully saturated rings. The zero-order chi connectivity index (χ0) is 23.9. The monoisotopic (exact) mass is 461 g/mol. The number of ether oxygens (including phenoxy) is 4. The van der Waals surface area contributed by atoms with E-state index in [1.54, 1.807) is 54.6 Å². The average molecular weight is 461 g/mol. The van der Waals surface area contributed by atoms with Crippen molar-refractivity contribution in [1.29, 1.82) is 0 Å². The second-order valence-electron chi connectivity index (χ2n) is 7.79. The molecule has 0 saturated heterocycles. The normalized spacial score (nSPS) is 18.7. The summed E-state index contributed by atoms with van der Waals surface area (Å²) >= 11 is 0. The third kappa shape index (κ3) is 3.61. The van der Waals surface area contributed by atoms with Gasteiger partial charge in [-0.1, -0.05) is 18.2 Å². The van der Waals surface area contributed by atoms with E-state index in [2.05, 4.69) is 0 Å². The number of benzene rings is 3. The smallest absolute Gasteiger partial charge is 0.342 e. The highest BCUT2D eigenvalue weighted by Gasteiger charge is 2.48. The molecule has 9 heteroatoms. The fraction of sp³-hybridized carbons (Fsp3) is 0.160. The summed E-state index contributed by atoms with van der Waals surface area (Å²) in [5.74, 6) is -1.23. The van der Waals surface area contributed by atoms with Crippen LogP contribution < -0.4 is 14.2 Å². The number of methoxy groups -OCH3 is 1. The van der Waals surface area contributed by atoms with Crippen LogP contribution in [0.4, 0.5) is 5.69 Å². The van der Waals surface area contributed by atoms with Crippen molar-refractivity contribution in [2.45, 2.75) is 12.2 Å². The molecule has 2 aliphatic rings. The molecular formula is C25H19NO8. The highest BCUT2D eigenvalue weighted by Crippen LogP contribution is 2.46. The van der Waals surface area contributed by atoms with Gasteiger partial charge in [0.1, 0.15) is 5.75 Å². The molecule has 1 atom stereocenters. The molecule has 0 radical (unpaired) electrons. The minimum absolute atomic E-state index is 0.0275. The molecule has 0 aromatic heterocycles. The fourth-order valence-electron chi connectivity index (χ4n) is 4.13. The fourth-order valence-corrected chi connectivity index (χ4v) is 4.13. The highest BCUT2D eigenvalue weighted by atomic mass is 16.7. The molecular weight excluding hydrogens is 442 g/mol. The van der Waals surface area contributed by atoms with E-state index < -0.39 is 16.7 Å². The number of hydrogen-bond donors (Lipinski definition) is 1. The third-order valence-electron chi connectivity index (χ3n) is 5.80. The summed E-state index contributed by atoms with van der Waals surface area (Å²) in [4.78, 5) is 23.9. The Bertz CT molecular complexity index is 1330. The van der Waals surface area contributed by atoms with Crippen LogP contribution in [0.15, 0.2) is 72.3 Å². The van der Waals surface area contributed by atoms with Crippen LogP contribution in [-0.2, 0) is 21.7 Å². The first-order valence-corrected chi connectivity index (χ1v) is 10.4. The predicted molar refractivity (Wildman–Crippen MR) is 119 cm³/mol. The van der Waals surface area contributed by atoms with Crippen LogP contribution in [0.25, 0.3) is 5.57 Å². The summed E-state index contributed by atoms with van der Waals surface area (Å²) in [7, 11) is 1.52. The van der Waals surface area contributed by atoms with Crippen molar-refractivity contribution in [3.05, 3.63) is 99.1 Å². The van der Waals surface area contributed by atoms with Gasteiger partial charge in [-0.3, -0.25) is 10.1 Å². The van der Waals surface area contributed by atoms with Crippen molar-refractivity contribution < 1.29 is 33.8 Å². The Morgan fingerprint density at radius 3 is 2.56 bits per heavy atom. The Kier molecular flexibility index (Phi) is 5.18. The van der Waals surface area contributed by atoms with Crippen molar-refractivity contribution in [2.24, 2.45) is 0 Å². The minimum atomic E-state index is -2.08. The lowest BCUT2D eigenvalue weighted by Crippen LogP contribution is -2.29. The highest BCUT2D eigenvalue weighted by molar-refractivity contribution is 6.20. The van der Waals surface area contributed by atoms with Crippen LogP contribution in [0.5, 0.6) is 17.2 Å². The van der Waals surface area contributed by atoms with Gasteiger partial charge in [-0.15, -0.1) is 0 Å². The first-order chi connectivity index (χ1) is 16.4. The van der Waals surface area contributed by atoms with Gasteiger partial charge in [-0.2, -0.15) is 0 Å². The van der Waals surface area contributed by atoms with Crippen LogP contribution >= 0.6 is 0 Å². The molecule has 5 rings (SSSR count). The Morgan fingerprint density at radius 1 is 1.06 bits per heavy atom. The Hall–Kier alpha value is -4.37. The topological polar surface area (TPSA) is 117 Å². The SMILES string of the molecule is COc1ccc([C@]2(O)OC(=O)C(c3ccc4c(c3)OCO4)=C2Cc2cccc([N+](=O)[O-])c2)cc1. The number of nitro benzene ring substituents is 1. The summed E-state index contributed by atoms with van der Waals surface area (Å²) in [5.41, 5.74) is 1.63. The van der Waals surface area contributed by atoms with Gasteiger partial charge in [-0.05, 0) is 47.5 Å². The zero-order valence-electron chi connectivity index (χ0n) is 18.0. The molecule has 0 unspecified atom stereocenters. The van der Waals surface area contributed by atoms with Gasteiger partial charge < -0.3 is 24.1 Å². The molecule has 0 spiro atoms. The molecule has 9 nitrogen and oxygen atoms in total. The first-order valence-electron chi connectivity index (χ1n) is 10.4. The molecule has 172 valence electrons. The van der Waals surface area contributed by atoms with E-state index in [4.69, 9.17) is 18.9 Å². The van der Waals surface area contributed by atoms with E-state index in [1.807, 2.05) is 0 Å². The Morgan fingerprint density at radius 2 is 1.82 bits per heavy atom. The van der Waals surface area contributed by atoms with E-state index in [0.717, 1.165) is 0 Å². The minimum Gasteiger partial charge on any atom is -0.497 e. The first kappa shape index (κ1) is 21.5. The lowest BCUT2D eigenvalue weighted by atomic mass is 9.88. The van der Waals surface area contributed by atoms with Crippen molar-refractivity contribution in [1.82, 2.24) is 0 Å². The van der Waals surface area contributed by atoms with Gasteiger partial charge in [0.25, 0.3) is 11.5 Å². The summed E-state index contributed by atoms with van der Waals surface area (Å²) in [6.07, 6.45) is 0.0275. The number of nitro groups is 1. The van der Waals surface area contributed by atoms with Crippen molar-refractivity contribution in [3.63, 3.8) is 0 Å².